The first-order valence-electron chi connectivity index (χ1n) is 10.4. The molecule has 0 fully saturated rings. The maximum absolute atomic E-state index is 12.7. The number of carbonyl (C=O) groups excluding carboxylic acids is 3. The molecule has 0 saturated heterocycles. The Morgan fingerprint density at radius 2 is 1.61 bits per heavy atom. The molecule has 0 aliphatic carbocycles. The van der Waals surface area contributed by atoms with Gasteiger partial charge in [-0.25, -0.2) is 0 Å². The topological polar surface area (TPSA) is 150 Å². The first kappa shape index (κ1) is 29.6. The van der Waals surface area contributed by atoms with Gasteiger partial charge in [0.25, 0.3) is 0 Å². The zero-order valence-corrected chi connectivity index (χ0v) is 20.3. The lowest BCUT2D eigenvalue weighted by Gasteiger charge is -2.31. The summed E-state index contributed by atoms with van der Waals surface area (Å²) in [4.78, 5) is 36.6. The number of ketones is 1. The number of esters is 1. The van der Waals surface area contributed by atoms with Gasteiger partial charge in [-0.1, -0.05) is 6.92 Å². The summed E-state index contributed by atoms with van der Waals surface area (Å²) in [5.41, 5.74) is -1.70. The van der Waals surface area contributed by atoms with E-state index in [1.54, 1.807) is 27.7 Å². The van der Waals surface area contributed by atoms with Gasteiger partial charge in [-0.2, -0.15) is 0 Å². The van der Waals surface area contributed by atoms with Crippen LogP contribution in [0.15, 0.2) is 0 Å². The molecule has 0 aliphatic rings. The van der Waals surface area contributed by atoms with Gasteiger partial charge in [-0.05, 0) is 47.5 Å². The zero-order chi connectivity index (χ0) is 24.4. The van der Waals surface area contributed by atoms with E-state index in [2.05, 4.69) is 5.32 Å². The SMILES string of the molecule is CCC(CC(C)(C)C(=O)OCC(O)CS(=O)CC(O)CO)C(=O)NC(C)(C)CC(C)=O. The van der Waals surface area contributed by atoms with Crippen LogP contribution in [0.2, 0.25) is 0 Å². The van der Waals surface area contributed by atoms with Gasteiger partial charge >= 0.3 is 5.97 Å². The Labute approximate surface area is 187 Å². The number of rotatable bonds is 15. The standard InChI is InChI=1S/C21H39NO8S/c1-7-15(18(27)22-21(5,6)8-14(2)24)9-20(3,4)19(28)30-11-17(26)13-31(29)12-16(25)10-23/h15-17,23,25-26H,7-13H2,1-6H3,(H,22,27). The number of carbonyl (C=O) groups is 3. The van der Waals surface area contributed by atoms with Crippen LogP contribution < -0.4 is 5.32 Å². The first-order valence-corrected chi connectivity index (χ1v) is 11.9. The maximum atomic E-state index is 12.7. The van der Waals surface area contributed by atoms with Crippen molar-refractivity contribution < 1.29 is 38.6 Å². The van der Waals surface area contributed by atoms with Gasteiger partial charge in [0.15, 0.2) is 0 Å². The molecule has 0 aliphatic heterocycles. The lowest BCUT2D eigenvalue weighted by Crippen LogP contribution is -2.48. The molecule has 4 N–H and O–H groups in total. The predicted molar refractivity (Wildman–Crippen MR) is 118 cm³/mol. The van der Waals surface area contributed by atoms with Gasteiger partial charge in [0, 0.05) is 28.7 Å². The minimum Gasteiger partial charge on any atom is -0.462 e. The molecule has 0 heterocycles. The van der Waals surface area contributed by atoms with Gasteiger partial charge < -0.3 is 25.4 Å². The van der Waals surface area contributed by atoms with E-state index in [0.717, 1.165) is 0 Å². The third-order valence-corrected chi connectivity index (χ3v) is 6.21. The van der Waals surface area contributed by atoms with Gasteiger partial charge in [0.1, 0.15) is 12.4 Å². The summed E-state index contributed by atoms with van der Waals surface area (Å²) in [6, 6.07) is 0. The summed E-state index contributed by atoms with van der Waals surface area (Å²) in [5.74, 6) is -1.72. The van der Waals surface area contributed by atoms with Gasteiger partial charge in [0.2, 0.25) is 5.91 Å². The quantitative estimate of drug-likeness (QED) is 0.252. The Kier molecular flexibility index (Phi) is 12.7. The normalized spacial score (nSPS) is 16.2. The van der Waals surface area contributed by atoms with Crippen LogP contribution in [0.3, 0.4) is 0 Å². The second kappa shape index (κ2) is 13.2. The number of Topliss-reactive ketones (excluding diaryl/α,β-unsaturated/α-hetero) is 1. The van der Waals surface area contributed by atoms with Crippen molar-refractivity contribution in [1.29, 1.82) is 0 Å². The molecule has 0 saturated carbocycles. The second-order valence-electron chi connectivity index (χ2n) is 9.31. The van der Waals surface area contributed by atoms with Crippen LogP contribution in [0.5, 0.6) is 0 Å². The van der Waals surface area contributed by atoms with Crippen molar-refractivity contribution in [2.24, 2.45) is 11.3 Å². The molecule has 4 atom stereocenters. The minimum absolute atomic E-state index is 0.0346. The summed E-state index contributed by atoms with van der Waals surface area (Å²) >= 11 is 0. The van der Waals surface area contributed by atoms with Crippen LogP contribution in [0, 0.1) is 11.3 Å². The highest BCUT2D eigenvalue weighted by Crippen LogP contribution is 2.29. The number of aliphatic hydroxyl groups is 3. The molecule has 0 spiro atoms. The van der Waals surface area contributed by atoms with Gasteiger partial charge in [-0.15, -0.1) is 0 Å². The van der Waals surface area contributed by atoms with Crippen molar-refractivity contribution in [3.63, 3.8) is 0 Å². The van der Waals surface area contributed by atoms with E-state index >= 15 is 0 Å². The molecule has 31 heavy (non-hydrogen) atoms. The molecule has 0 aromatic carbocycles. The van der Waals surface area contributed by atoms with E-state index in [4.69, 9.17) is 9.84 Å². The fraction of sp³-hybridized carbons (Fsp3) is 0.857. The Morgan fingerprint density at radius 1 is 1.06 bits per heavy atom. The molecule has 10 heteroatoms. The average Bonchev–Trinajstić information content (AvgIpc) is 2.61. The van der Waals surface area contributed by atoms with E-state index in [9.17, 15) is 28.8 Å². The third kappa shape index (κ3) is 12.3. The lowest BCUT2D eigenvalue weighted by atomic mass is 9.81. The monoisotopic (exact) mass is 465 g/mol. The van der Waals surface area contributed by atoms with Crippen LogP contribution in [0.4, 0.5) is 0 Å². The lowest BCUT2D eigenvalue weighted by molar-refractivity contribution is -0.158. The summed E-state index contributed by atoms with van der Waals surface area (Å²) in [5, 5.41) is 30.8. The second-order valence-corrected chi connectivity index (χ2v) is 10.9. The Balaban J connectivity index is 4.78. The highest BCUT2D eigenvalue weighted by molar-refractivity contribution is 7.85. The highest BCUT2D eigenvalue weighted by atomic mass is 32.2. The molecule has 0 radical (unpaired) electrons. The van der Waals surface area contributed by atoms with Crippen molar-refractivity contribution >= 4 is 28.5 Å². The van der Waals surface area contributed by atoms with Crippen molar-refractivity contribution in [1.82, 2.24) is 5.32 Å². The molecule has 0 bridgehead atoms. The van der Waals surface area contributed by atoms with E-state index in [0.29, 0.717) is 6.42 Å². The highest BCUT2D eigenvalue weighted by Gasteiger charge is 2.36. The molecule has 1 amide bonds. The number of hydrogen-bond acceptors (Lipinski definition) is 8. The van der Waals surface area contributed by atoms with Crippen molar-refractivity contribution in [2.75, 3.05) is 24.7 Å². The van der Waals surface area contributed by atoms with Crippen LogP contribution in [0.25, 0.3) is 0 Å². The minimum atomic E-state index is -1.58. The number of nitrogens with one attached hydrogen (secondary N) is 1. The largest absolute Gasteiger partial charge is 0.462 e. The molecule has 9 nitrogen and oxygen atoms in total. The van der Waals surface area contributed by atoms with Crippen molar-refractivity contribution in [3.8, 4) is 0 Å². The molecular weight excluding hydrogens is 426 g/mol. The van der Waals surface area contributed by atoms with E-state index in [-0.39, 0.29) is 42.6 Å². The van der Waals surface area contributed by atoms with E-state index in [1.807, 2.05) is 6.92 Å². The Hall–Kier alpha value is -1.36. The predicted octanol–water partition coefficient (Wildman–Crippen LogP) is 0.309. The van der Waals surface area contributed by atoms with Crippen LogP contribution in [0.1, 0.15) is 60.8 Å². The van der Waals surface area contributed by atoms with E-state index < -0.39 is 52.5 Å². The van der Waals surface area contributed by atoms with E-state index in [1.165, 1.54) is 6.92 Å². The third-order valence-electron chi connectivity index (χ3n) is 4.70. The molecular formula is C21H39NO8S. The number of aliphatic hydroxyl groups excluding tert-OH is 3. The van der Waals surface area contributed by atoms with Gasteiger partial charge in [0.05, 0.1) is 35.7 Å². The Morgan fingerprint density at radius 3 is 2.10 bits per heavy atom. The maximum Gasteiger partial charge on any atom is 0.311 e. The molecule has 4 unspecified atom stereocenters. The fourth-order valence-corrected chi connectivity index (χ4v) is 4.39. The van der Waals surface area contributed by atoms with Crippen molar-refractivity contribution in [2.45, 2.75) is 78.6 Å². The van der Waals surface area contributed by atoms with Crippen LogP contribution in [-0.2, 0) is 29.9 Å². The first-order chi connectivity index (χ1) is 14.1. The summed E-state index contributed by atoms with van der Waals surface area (Å²) < 4.78 is 16.9. The zero-order valence-electron chi connectivity index (χ0n) is 19.5. The smallest absolute Gasteiger partial charge is 0.311 e. The molecule has 0 aromatic heterocycles. The summed E-state index contributed by atoms with van der Waals surface area (Å²) in [6.45, 7) is 9.24. The Bertz CT molecular complexity index is 635. The van der Waals surface area contributed by atoms with Crippen molar-refractivity contribution in [3.05, 3.63) is 0 Å². The summed E-state index contributed by atoms with van der Waals surface area (Å²) in [7, 11) is -1.58. The molecule has 182 valence electrons. The number of ether oxygens (including phenoxy) is 1. The summed E-state index contributed by atoms with van der Waals surface area (Å²) in [6.07, 6.45) is -1.39. The molecule has 0 aromatic rings. The number of hydrogen-bond donors (Lipinski definition) is 4. The number of amides is 1. The van der Waals surface area contributed by atoms with Gasteiger partial charge in [-0.3, -0.25) is 18.6 Å². The van der Waals surface area contributed by atoms with Crippen LogP contribution >= 0.6 is 0 Å². The van der Waals surface area contributed by atoms with Crippen LogP contribution in [-0.4, -0.2) is 79.7 Å². The fourth-order valence-electron chi connectivity index (χ4n) is 3.19. The molecule has 0 rings (SSSR count). The average molecular weight is 466 g/mol.